The van der Waals surface area contributed by atoms with E-state index < -0.39 is 12.0 Å². The monoisotopic (exact) mass is 438 g/mol. The van der Waals surface area contributed by atoms with E-state index in [-0.39, 0.29) is 5.57 Å². The lowest BCUT2D eigenvalue weighted by molar-refractivity contribution is -0.164. The Morgan fingerprint density at radius 1 is 1.04 bits per heavy atom. The van der Waals surface area contributed by atoms with Gasteiger partial charge in [-0.1, -0.05) is 45.7 Å². The Kier molecular flexibility index (Phi) is 4.12. The van der Waals surface area contributed by atoms with Crippen LogP contribution in [0.1, 0.15) is 22.3 Å². The Morgan fingerprint density at radius 3 is 2.54 bits per heavy atom. The van der Waals surface area contributed by atoms with Crippen LogP contribution in [0.3, 0.4) is 0 Å². The van der Waals surface area contributed by atoms with Gasteiger partial charge in [-0.05, 0) is 70.5 Å². The van der Waals surface area contributed by atoms with Crippen LogP contribution in [0.25, 0.3) is 11.6 Å². The number of carbonyl (C=O) groups is 1. The van der Waals surface area contributed by atoms with E-state index in [2.05, 4.69) is 15.9 Å². The van der Waals surface area contributed by atoms with E-state index in [1.165, 1.54) is 0 Å². The van der Waals surface area contributed by atoms with Gasteiger partial charge in [0.1, 0.15) is 0 Å². The molecule has 0 spiro atoms. The van der Waals surface area contributed by atoms with E-state index in [0.717, 1.165) is 26.7 Å². The fourth-order valence-corrected chi connectivity index (χ4v) is 4.16. The Labute approximate surface area is 161 Å². The second-order valence-corrected chi connectivity index (χ2v) is 7.70. The zero-order valence-electron chi connectivity index (χ0n) is 13.3. The van der Waals surface area contributed by atoms with Crippen LogP contribution in [0.5, 0.6) is 0 Å². The molecule has 0 fully saturated rings. The summed E-state index contributed by atoms with van der Waals surface area (Å²) in [5, 5.41) is 0.570. The van der Waals surface area contributed by atoms with Crippen LogP contribution in [0.4, 0.5) is 13.2 Å². The van der Waals surface area contributed by atoms with Gasteiger partial charge in [-0.2, -0.15) is 13.2 Å². The summed E-state index contributed by atoms with van der Waals surface area (Å²) in [5.74, 6) is -1.79. The van der Waals surface area contributed by atoms with Gasteiger partial charge in [0.15, 0.2) is 0 Å². The van der Waals surface area contributed by atoms with Gasteiger partial charge in [0.2, 0.25) is 0 Å². The van der Waals surface area contributed by atoms with E-state index in [0.29, 0.717) is 29.0 Å². The van der Waals surface area contributed by atoms with Crippen LogP contribution in [-0.4, -0.2) is 12.0 Å². The average Bonchev–Trinajstić information content (AvgIpc) is 3.13. The van der Waals surface area contributed by atoms with Gasteiger partial charge in [-0.3, -0.25) is 4.79 Å². The molecule has 2 aromatic carbocycles. The molecule has 0 aliphatic heterocycles. The third-order valence-corrected chi connectivity index (χ3v) is 5.42. The third kappa shape index (κ3) is 2.93. The predicted octanol–water partition coefficient (Wildman–Crippen LogP) is 6.18. The summed E-state index contributed by atoms with van der Waals surface area (Å²) in [6, 6.07) is 10.4. The summed E-state index contributed by atoms with van der Waals surface area (Å²) >= 11 is 9.35. The SMILES string of the molecule is O=C(C1=C(C2=Cc3cc(Cl)ccc3C2)Cc2cc(Br)ccc21)C(F)(F)F. The van der Waals surface area contributed by atoms with Crippen molar-refractivity contribution in [2.24, 2.45) is 0 Å². The van der Waals surface area contributed by atoms with Crippen LogP contribution in [0, 0.1) is 0 Å². The standard InChI is InChI=1S/C20H11BrClF3O/c21-14-2-4-16-13(7-14)9-17(18(16)19(26)20(23,24)25)12-5-10-1-3-15(22)8-11(10)6-12/h1-4,6-8H,5,9H2. The van der Waals surface area contributed by atoms with Crippen molar-refractivity contribution in [3.63, 3.8) is 0 Å². The molecule has 0 unspecified atom stereocenters. The molecule has 6 heteroatoms. The molecule has 26 heavy (non-hydrogen) atoms. The number of fused-ring (bicyclic) bond motifs is 2. The molecule has 0 saturated carbocycles. The number of carbonyl (C=O) groups excluding carboxylic acids is 1. The molecule has 2 aliphatic carbocycles. The Morgan fingerprint density at radius 2 is 1.81 bits per heavy atom. The predicted molar refractivity (Wildman–Crippen MR) is 99.0 cm³/mol. The van der Waals surface area contributed by atoms with E-state index in [4.69, 9.17) is 11.6 Å². The van der Waals surface area contributed by atoms with Gasteiger partial charge in [-0.25, -0.2) is 0 Å². The van der Waals surface area contributed by atoms with Crippen LogP contribution in [0.2, 0.25) is 5.02 Å². The van der Waals surface area contributed by atoms with Gasteiger partial charge < -0.3 is 0 Å². The van der Waals surface area contributed by atoms with Gasteiger partial charge in [-0.15, -0.1) is 0 Å². The summed E-state index contributed by atoms with van der Waals surface area (Å²) in [6.07, 6.45) is -2.28. The van der Waals surface area contributed by atoms with Crippen molar-refractivity contribution in [1.29, 1.82) is 0 Å². The smallest absolute Gasteiger partial charge is 0.284 e. The molecule has 4 rings (SSSR count). The Balaban J connectivity index is 1.85. The first kappa shape index (κ1) is 17.6. The number of hydrogen-bond donors (Lipinski definition) is 0. The minimum Gasteiger partial charge on any atom is -0.284 e. The number of halogens is 5. The molecule has 0 saturated heterocycles. The van der Waals surface area contributed by atoms with Crippen molar-refractivity contribution in [3.8, 4) is 0 Å². The number of benzene rings is 2. The second kappa shape index (κ2) is 6.10. The lowest BCUT2D eigenvalue weighted by Gasteiger charge is -2.11. The summed E-state index contributed by atoms with van der Waals surface area (Å²) in [6.45, 7) is 0. The summed E-state index contributed by atoms with van der Waals surface area (Å²) in [4.78, 5) is 12.2. The molecule has 0 atom stereocenters. The molecule has 0 bridgehead atoms. The fraction of sp³-hybridized carbons (Fsp3) is 0.150. The van der Waals surface area contributed by atoms with E-state index in [1.54, 1.807) is 30.3 Å². The lowest BCUT2D eigenvalue weighted by Crippen LogP contribution is -2.24. The lowest BCUT2D eigenvalue weighted by atomic mass is 9.96. The van der Waals surface area contributed by atoms with Crippen LogP contribution >= 0.6 is 27.5 Å². The van der Waals surface area contributed by atoms with E-state index >= 15 is 0 Å². The minimum atomic E-state index is -4.91. The van der Waals surface area contributed by atoms with Crippen molar-refractivity contribution in [2.45, 2.75) is 19.0 Å². The molecule has 2 aliphatic rings. The Bertz CT molecular complexity index is 1020. The third-order valence-electron chi connectivity index (χ3n) is 4.70. The van der Waals surface area contributed by atoms with Crippen molar-refractivity contribution in [3.05, 3.63) is 79.3 Å². The molecule has 0 N–H and O–H groups in total. The fourth-order valence-electron chi connectivity index (χ4n) is 3.57. The topological polar surface area (TPSA) is 17.1 Å². The highest BCUT2D eigenvalue weighted by atomic mass is 79.9. The van der Waals surface area contributed by atoms with Gasteiger partial charge in [0.25, 0.3) is 5.78 Å². The first-order chi connectivity index (χ1) is 12.2. The molecule has 0 amide bonds. The first-order valence-electron chi connectivity index (χ1n) is 7.87. The average molecular weight is 440 g/mol. The number of rotatable bonds is 2. The first-order valence-corrected chi connectivity index (χ1v) is 9.04. The quantitative estimate of drug-likeness (QED) is 0.546. The number of ketones is 1. The molecular weight excluding hydrogens is 429 g/mol. The zero-order valence-corrected chi connectivity index (χ0v) is 15.6. The molecule has 0 radical (unpaired) electrons. The normalized spacial score (nSPS) is 15.8. The second-order valence-electron chi connectivity index (χ2n) is 6.35. The summed E-state index contributed by atoms with van der Waals surface area (Å²) < 4.78 is 40.4. The maximum atomic E-state index is 13.2. The molecule has 2 aromatic rings. The van der Waals surface area contributed by atoms with Crippen molar-refractivity contribution >= 4 is 45.0 Å². The van der Waals surface area contributed by atoms with Crippen LogP contribution < -0.4 is 0 Å². The van der Waals surface area contributed by atoms with E-state index in [9.17, 15) is 18.0 Å². The van der Waals surface area contributed by atoms with Gasteiger partial charge in [0.05, 0.1) is 0 Å². The van der Waals surface area contributed by atoms with Crippen LogP contribution in [0.15, 0.2) is 52.0 Å². The number of alkyl halides is 3. The van der Waals surface area contributed by atoms with E-state index in [1.807, 2.05) is 12.1 Å². The largest absolute Gasteiger partial charge is 0.454 e. The molecular formula is C20H11BrClF3O. The van der Waals surface area contributed by atoms with Crippen molar-refractivity contribution < 1.29 is 18.0 Å². The molecule has 0 aromatic heterocycles. The summed E-state index contributed by atoms with van der Waals surface area (Å²) in [5.41, 5.74) is 3.92. The highest BCUT2D eigenvalue weighted by Gasteiger charge is 2.44. The van der Waals surface area contributed by atoms with Crippen molar-refractivity contribution in [2.75, 3.05) is 0 Å². The van der Waals surface area contributed by atoms with Crippen molar-refractivity contribution in [1.82, 2.24) is 0 Å². The number of allylic oxidation sites excluding steroid dienone is 3. The molecule has 1 nitrogen and oxygen atoms in total. The molecule has 0 heterocycles. The number of Topliss-reactive ketones (excluding diaryl/α,β-unsaturated/α-hetero) is 1. The summed E-state index contributed by atoms with van der Waals surface area (Å²) in [7, 11) is 0. The van der Waals surface area contributed by atoms with Gasteiger partial charge >= 0.3 is 6.18 Å². The Hall–Kier alpha value is -1.85. The zero-order chi connectivity index (χ0) is 18.6. The highest BCUT2D eigenvalue weighted by molar-refractivity contribution is 9.10. The highest BCUT2D eigenvalue weighted by Crippen LogP contribution is 2.44. The van der Waals surface area contributed by atoms with Gasteiger partial charge in [0, 0.05) is 15.1 Å². The minimum absolute atomic E-state index is 0.231. The number of hydrogen-bond acceptors (Lipinski definition) is 1. The maximum Gasteiger partial charge on any atom is 0.454 e. The maximum absolute atomic E-state index is 13.2. The molecule has 132 valence electrons. The van der Waals surface area contributed by atoms with Crippen LogP contribution in [-0.2, 0) is 17.6 Å².